The molecule has 110 valence electrons. The number of likely N-dealkylation sites (tertiary alicyclic amines) is 1. The highest BCUT2D eigenvalue weighted by molar-refractivity contribution is 5.82. The first kappa shape index (κ1) is 14.8. The molecule has 1 aliphatic carbocycles. The second kappa shape index (κ2) is 6.23. The summed E-state index contributed by atoms with van der Waals surface area (Å²) in [6.45, 7) is 6.53. The first-order valence-corrected chi connectivity index (χ1v) is 7.74. The maximum absolute atomic E-state index is 12.4. The topological polar surface area (TPSA) is 41.6 Å². The Balaban J connectivity index is 2.10. The van der Waals surface area contributed by atoms with E-state index < -0.39 is 5.54 Å². The van der Waals surface area contributed by atoms with E-state index in [2.05, 4.69) is 17.1 Å². The quantitative estimate of drug-likeness (QED) is 0.746. The molecule has 0 amide bonds. The maximum Gasteiger partial charge on any atom is 0.327 e. The molecular weight excluding hydrogens is 240 g/mol. The lowest BCUT2D eigenvalue weighted by Gasteiger charge is -2.41. The summed E-state index contributed by atoms with van der Waals surface area (Å²) in [7, 11) is 1.91. The number of likely N-dealkylation sites (N-methyl/N-ethyl adjacent to an activating group) is 1. The van der Waals surface area contributed by atoms with Crippen molar-refractivity contribution in [3.05, 3.63) is 0 Å². The highest BCUT2D eigenvalue weighted by atomic mass is 16.5. The minimum absolute atomic E-state index is 0.0576. The van der Waals surface area contributed by atoms with E-state index in [-0.39, 0.29) is 5.97 Å². The Labute approximate surface area is 116 Å². The lowest BCUT2D eigenvalue weighted by Crippen LogP contribution is -2.61. The fourth-order valence-electron chi connectivity index (χ4n) is 3.29. The number of hydrogen-bond donors (Lipinski definition) is 1. The van der Waals surface area contributed by atoms with E-state index in [1.807, 2.05) is 14.0 Å². The van der Waals surface area contributed by atoms with Crippen LogP contribution in [0.5, 0.6) is 0 Å². The van der Waals surface area contributed by atoms with Crippen LogP contribution in [0, 0.1) is 5.92 Å². The van der Waals surface area contributed by atoms with Gasteiger partial charge in [0.25, 0.3) is 0 Å². The summed E-state index contributed by atoms with van der Waals surface area (Å²) in [5.74, 6) is 0.392. The molecule has 2 rings (SSSR count). The highest BCUT2D eigenvalue weighted by Crippen LogP contribution is 2.41. The molecule has 2 aliphatic rings. The fraction of sp³-hybridized carbons (Fsp3) is 0.933. The molecule has 2 fully saturated rings. The van der Waals surface area contributed by atoms with Gasteiger partial charge in [0.1, 0.15) is 5.54 Å². The molecule has 0 aromatic heterocycles. The van der Waals surface area contributed by atoms with Crippen molar-refractivity contribution in [1.29, 1.82) is 0 Å². The Morgan fingerprint density at radius 2 is 2.11 bits per heavy atom. The van der Waals surface area contributed by atoms with Crippen LogP contribution in [0.2, 0.25) is 0 Å². The fourth-order valence-corrected chi connectivity index (χ4v) is 3.29. The number of carbonyl (C=O) groups excluding carboxylic acids is 1. The molecule has 0 aromatic carbocycles. The van der Waals surface area contributed by atoms with Gasteiger partial charge in [0, 0.05) is 12.6 Å². The second-order valence-corrected chi connectivity index (χ2v) is 6.03. The summed E-state index contributed by atoms with van der Waals surface area (Å²) in [6, 6.07) is 0.578. The van der Waals surface area contributed by atoms with Crippen molar-refractivity contribution in [1.82, 2.24) is 10.2 Å². The number of carbonyl (C=O) groups is 1. The number of ether oxygens (including phenoxy) is 1. The van der Waals surface area contributed by atoms with Crippen LogP contribution in [0.1, 0.15) is 46.0 Å². The van der Waals surface area contributed by atoms with Gasteiger partial charge in [-0.05, 0) is 59.0 Å². The summed E-state index contributed by atoms with van der Waals surface area (Å²) >= 11 is 0. The van der Waals surface area contributed by atoms with Crippen molar-refractivity contribution in [2.24, 2.45) is 5.92 Å². The van der Waals surface area contributed by atoms with E-state index >= 15 is 0 Å². The first-order valence-electron chi connectivity index (χ1n) is 7.74. The molecule has 1 heterocycles. The largest absolute Gasteiger partial charge is 0.465 e. The Bertz CT molecular complexity index is 317. The molecular formula is C15H28N2O2. The zero-order valence-corrected chi connectivity index (χ0v) is 12.6. The van der Waals surface area contributed by atoms with Crippen LogP contribution in [-0.4, -0.2) is 49.2 Å². The third kappa shape index (κ3) is 3.11. The second-order valence-electron chi connectivity index (χ2n) is 6.03. The molecule has 4 nitrogen and oxygen atoms in total. The Kier molecular flexibility index (Phi) is 4.85. The molecule has 0 bridgehead atoms. The van der Waals surface area contributed by atoms with E-state index in [4.69, 9.17) is 4.74 Å². The number of hydrogen-bond acceptors (Lipinski definition) is 4. The van der Waals surface area contributed by atoms with Gasteiger partial charge in [0.05, 0.1) is 6.61 Å². The van der Waals surface area contributed by atoms with Crippen molar-refractivity contribution in [3.63, 3.8) is 0 Å². The Morgan fingerprint density at radius 1 is 1.37 bits per heavy atom. The van der Waals surface area contributed by atoms with Crippen molar-refractivity contribution in [2.75, 3.05) is 26.7 Å². The highest BCUT2D eigenvalue weighted by Gasteiger charge is 2.52. The van der Waals surface area contributed by atoms with Crippen LogP contribution in [0.15, 0.2) is 0 Å². The van der Waals surface area contributed by atoms with Gasteiger partial charge in [-0.3, -0.25) is 4.90 Å². The molecule has 1 aliphatic heterocycles. The lowest BCUT2D eigenvalue weighted by atomic mass is 9.90. The van der Waals surface area contributed by atoms with Crippen molar-refractivity contribution < 1.29 is 9.53 Å². The number of esters is 1. The zero-order chi connectivity index (χ0) is 13.9. The summed E-state index contributed by atoms with van der Waals surface area (Å²) in [5.41, 5.74) is -0.485. The van der Waals surface area contributed by atoms with Gasteiger partial charge < -0.3 is 10.1 Å². The van der Waals surface area contributed by atoms with Gasteiger partial charge in [-0.25, -0.2) is 4.79 Å². The summed E-state index contributed by atoms with van der Waals surface area (Å²) in [6.07, 6.45) is 6.09. The van der Waals surface area contributed by atoms with Crippen LogP contribution in [0.25, 0.3) is 0 Å². The van der Waals surface area contributed by atoms with Crippen LogP contribution >= 0.6 is 0 Å². The van der Waals surface area contributed by atoms with E-state index in [0.717, 1.165) is 25.9 Å². The Hall–Kier alpha value is -0.610. The van der Waals surface area contributed by atoms with Gasteiger partial charge in [0.2, 0.25) is 0 Å². The number of nitrogens with one attached hydrogen (secondary N) is 1. The number of rotatable bonds is 6. The smallest absolute Gasteiger partial charge is 0.327 e. The standard InChI is InChI=1S/C15H28N2O2/c1-4-19-14(18)15(16-3,13-8-9-13)11-17-10-6-5-7-12(17)2/h12-13,16H,4-11H2,1-3H3. The first-order chi connectivity index (χ1) is 9.14. The molecule has 1 saturated carbocycles. The summed E-state index contributed by atoms with van der Waals surface area (Å²) < 4.78 is 5.35. The van der Waals surface area contributed by atoms with E-state index in [1.165, 1.54) is 19.3 Å². The van der Waals surface area contributed by atoms with Crippen molar-refractivity contribution >= 4 is 5.97 Å². The lowest BCUT2D eigenvalue weighted by molar-refractivity contribution is -0.153. The minimum Gasteiger partial charge on any atom is -0.465 e. The molecule has 2 atom stereocenters. The normalized spacial score (nSPS) is 27.8. The maximum atomic E-state index is 12.4. The summed E-state index contributed by atoms with van der Waals surface area (Å²) in [5, 5.41) is 3.31. The third-order valence-electron chi connectivity index (χ3n) is 4.75. The van der Waals surface area contributed by atoms with E-state index in [1.54, 1.807) is 0 Å². The molecule has 1 saturated heterocycles. The average molecular weight is 268 g/mol. The van der Waals surface area contributed by atoms with Gasteiger partial charge in [-0.2, -0.15) is 0 Å². The van der Waals surface area contributed by atoms with Gasteiger partial charge in [-0.1, -0.05) is 6.42 Å². The molecule has 4 heteroatoms. The van der Waals surface area contributed by atoms with Crippen molar-refractivity contribution in [3.8, 4) is 0 Å². The third-order valence-corrected chi connectivity index (χ3v) is 4.75. The molecule has 2 unspecified atom stereocenters. The van der Waals surface area contributed by atoms with Gasteiger partial charge >= 0.3 is 5.97 Å². The predicted octanol–water partition coefficient (Wildman–Crippen LogP) is 1.79. The van der Waals surface area contributed by atoms with Crippen LogP contribution in [0.3, 0.4) is 0 Å². The number of nitrogens with zero attached hydrogens (tertiary/aromatic N) is 1. The zero-order valence-electron chi connectivity index (χ0n) is 12.6. The molecule has 0 radical (unpaired) electrons. The number of piperidine rings is 1. The van der Waals surface area contributed by atoms with Gasteiger partial charge in [-0.15, -0.1) is 0 Å². The Morgan fingerprint density at radius 3 is 2.63 bits per heavy atom. The van der Waals surface area contributed by atoms with E-state index in [9.17, 15) is 4.79 Å². The van der Waals surface area contributed by atoms with Gasteiger partial charge in [0.15, 0.2) is 0 Å². The molecule has 19 heavy (non-hydrogen) atoms. The molecule has 1 N–H and O–H groups in total. The van der Waals surface area contributed by atoms with Crippen molar-refractivity contribution in [2.45, 2.75) is 57.5 Å². The minimum atomic E-state index is -0.485. The van der Waals surface area contributed by atoms with Crippen LogP contribution in [0.4, 0.5) is 0 Å². The molecule has 0 aromatic rings. The monoisotopic (exact) mass is 268 g/mol. The average Bonchev–Trinajstić information content (AvgIpc) is 3.23. The molecule has 0 spiro atoms. The predicted molar refractivity (Wildman–Crippen MR) is 76.0 cm³/mol. The van der Waals surface area contributed by atoms with Crippen LogP contribution in [-0.2, 0) is 9.53 Å². The van der Waals surface area contributed by atoms with Crippen LogP contribution < -0.4 is 5.32 Å². The summed E-state index contributed by atoms with van der Waals surface area (Å²) in [4.78, 5) is 14.9. The SMILES string of the molecule is CCOC(=O)C(CN1CCCCC1C)(NC)C1CC1. The van der Waals surface area contributed by atoms with E-state index in [0.29, 0.717) is 18.6 Å².